The number of hydrogen-bond donors (Lipinski definition) is 2. The Morgan fingerprint density at radius 1 is 1.21 bits per heavy atom. The van der Waals surface area contributed by atoms with E-state index in [1.54, 1.807) is 13.1 Å². The molecule has 0 atom stereocenters. The molecular formula is C19H28IN5O3S. The van der Waals surface area contributed by atoms with Crippen molar-refractivity contribution in [2.24, 2.45) is 4.99 Å². The van der Waals surface area contributed by atoms with Crippen LogP contribution in [0.25, 0.3) is 0 Å². The smallest absolute Gasteiger partial charge is 0.242 e. The summed E-state index contributed by atoms with van der Waals surface area (Å²) in [6.45, 7) is 3.88. The third kappa shape index (κ3) is 8.15. The molecule has 0 bridgehead atoms. The van der Waals surface area contributed by atoms with Gasteiger partial charge in [-0.1, -0.05) is 12.1 Å². The van der Waals surface area contributed by atoms with Crippen molar-refractivity contribution in [1.82, 2.24) is 19.9 Å². The normalized spacial score (nSPS) is 11.5. The monoisotopic (exact) mass is 533 g/mol. The molecule has 0 aliphatic carbocycles. The fourth-order valence-electron chi connectivity index (χ4n) is 2.54. The fraction of sp³-hybridized carbons (Fsp3) is 0.368. The highest BCUT2D eigenvalue weighted by molar-refractivity contribution is 14.0. The van der Waals surface area contributed by atoms with Gasteiger partial charge in [0.25, 0.3) is 0 Å². The lowest BCUT2D eigenvalue weighted by atomic mass is 10.2. The molecule has 0 spiro atoms. The van der Waals surface area contributed by atoms with E-state index in [1.165, 1.54) is 18.5 Å². The first kappa shape index (κ1) is 25.1. The van der Waals surface area contributed by atoms with Crippen LogP contribution in [0.4, 0.5) is 0 Å². The summed E-state index contributed by atoms with van der Waals surface area (Å²) < 4.78 is 32.3. The molecule has 0 fully saturated rings. The molecule has 29 heavy (non-hydrogen) atoms. The average Bonchev–Trinajstić information content (AvgIpc) is 2.70. The van der Waals surface area contributed by atoms with Gasteiger partial charge in [0.1, 0.15) is 10.6 Å². The maximum atomic E-state index is 12.2. The molecule has 0 aliphatic heterocycles. The predicted molar refractivity (Wildman–Crippen MR) is 125 cm³/mol. The van der Waals surface area contributed by atoms with E-state index < -0.39 is 10.0 Å². The van der Waals surface area contributed by atoms with E-state index in [4.69, 9.17) is 4.74 Å². The Morgan fingerprint density at radius 3 is 2.52 bits per heavy atom. The van der Waals surface area contributed by atoms with Gasteiger partial charge in [-0.15, -0.1) is 24.0 Å². The van der Waals surface area contributed by atoms with Crippen molar-refractivity contribution in [1.29, 1.82) is 0 Å². The molecule has 1 heterocycles. The number of sulfonamides is 1. The van der Waals surface area contributed by atoms with Crippen molar-refractivity contribution in [3.8, 4) is 5.75 Å². The van der Waals surface area contributed by atoms with E-state index in [2.05, 4.69) is 20.0 Å². The second-order valence-corrected chi connectivity index (χ2v) is 7.76. The van der Waals surface area contributed by atoms with E-state index in [0.29, 0.717) is 25.7 Å². The Labute approximate surface area is 189 Å². The van der Waals surface area contributed by atoms with Gasteiger partial charge < -0.3 is 15.0 Å². The van der Waals surface area contributed by atoms with Gasteiger partial charge in [0.05, 0.1) is 6.61 Å². The van der Waals surface area contributed by atoms with Gasteiger partial charge in [-0.05, 0) is 36.8 Å². The maximum absolute atomic E-state index is 12.2. The second-order valence-electron chi connectivity index (χ2n) is 5.99. The Balaban J connectivity index is 0.00000420. The highest BCUT2D eigenvalue weighted by Gasteiger charge is 2.13. The van der Waals surface area contributed by atoms with Crippen LogP contribution in [0.15, 0.2) is 58.7 Å². The largest absolute Gasteiger partial charge is 0.494 e. The van der Waals surface area contributed by atoms with Gasteiger partial charge in [0.15, 0.2) is 5.96 Å². The number of pyridine rings is 1. The van der Waals surface area contributed by atoms with Crippen molar-refractivity contribution in [3.63, 3.8) is 0 Å². The molecule has 0 radical (unpaired) electrons. The van der Waals surface area contributed by atoms with Gasteiger partial charge in [-0.3, -0.25) is 9.98 Å². The molecule has 10 heteroatoms. The SMILES string of the molecule is CCOc1ccc(CN(C)C(=NC)NCCNS(=O)(=O)c2cccnc2)cc1.I. The number of benzene rings is 1. The third-order valence-corrected chi connectivity index (χ3v) is 5.32. The number of guanidine groups is 1. The highest BCUT2D eigenvalue weighted by Crippen LogP contribution is 2.13. The molecule has 8 nitrogen and oxygen atoms in total. The minimum atomic E-state index is -3.56. The summed E-state index contributed by atoms with van der Waals surface area (Å²) >= 11 is 0. The topological polar surface area (TPSA) is 95.9 Å². The minimum Gasteiger partial charge on any atom is -0.494 e. The van der Waals surface area contributed by atoms with Crippen LogP contribution in [0, 0.1) is 0 Å². The summed E-state index contributed by atoms with van der Waals surface area (Å²) in [7, 11) is 0.0530. The van der Waals surface area contributed by atoms with E-state index in [0.717, 1.165) is 11.3 Å². The van der Waals surface area contributed by atoms with Crippen molar-refractivity contribution in [2.75, 3.05) is 33.8 Å². The molecule has 2 aromatic rings. The Bertz CT molecular complexity index is 861. The fourth-order valence-corrected chi connectivity index (χ4v) is 3.54. The van der Waals surface area contributed by atoms with Crippen molar-refractivity contribution < 1.29 is 13.2 Å². The van der Waals surface area contributed by atoms with Crippen LogP contribution in [0.5, 0.6) is 5.75 Å². The van der Waals surface area contributed by atoms with Crippen LogP contribution in [-0.4, -0.2) is 58.1 Å². The van der Waals surface area contributed by atoms with Crippen LogP contribution in [0.1, 0.15) is 12.5 Å². The van der Waals surface area contributed by atoms with E-state index in [-0.39, 0.29) is 35.4 Å². The van der Waals surface area contributed by atoms with Crippen molar-refractivity contribution >= 4 is 40.0 Å². The number of aromatic nitrogens is 1. The zero-order valence-corrected chi connectivity index (χ0v) is 20.0. The van der Waals surface area contributed by atoms with Gasteiger partial charge in [-0.25, -0.2) is 13.1 Å². The zero-order chi connectivity index (χ0) is 20.4. The van der Waals surface area contributed by atoms with Gasteiger partial charge in [0, 0.05) is 46.1 Å². The predicted octanol–water partition coefficient (Wildman–Crippen LogP) is 2.08. The van der Waals surface area contributed by atoms with Crippen LogP contribution >= 0.6 is 24.0 Å². The van der Waals surface area contributed by atoms with Crippen LogP contribution in [0.2, 0.25) is 0 Å². The first-order valence-electron chi connectivity index (χ1n) is 8.99. The Kier molecular flexibility index (Phi) is 10.9. The first-order chi connectivity index (χ1) is 13.5. The molecule has 2 N–H and O–H groups in total. The molecule has 2 rings (SSSR count). The summed E-state index contributed by atoms with van der Waals surface area (Å²) in [6.07, 6.45) is 2.85. The van der Waals surface area contributed by atoms with Crippen molar-refractivity contribution in [2.45, 2.75) is 18.4 Å². The first-order valence-corrected chi connectivity index (χ1v) is 10.5. The number of nitrogens with one attached hydrogen (secondary N) is 2. The van der Waals surface area contributed by atoms with Gasteiger partial charge >= 0.3 is 0 Å². The number of nitrogens with zero attached hydrogens (tertiary/aromatic N) is 3. The summed E-state index contributed by atoms with van der Waals surface area (Å²) in [6, 6.07) is 11.0. The number of ether oxygens (including phenoxy) is 1. The third-order valence-electron chi connectivity index (χ3n) is 3.87. The van der Waals surface area contributed by atoms with Crippen LogP contribution < -0.4 is 14.8 Å². The number of rotatable bonds is 9. The number of halogens is 1. The summed E-state index contributed by atoms with van der Waals surface area (Å²) in [5.41, 5.74) is 1.12. The van der Waals surface area contributed by atoms with Crippen LogP contribution in [-0.2, 0) is 16.6 Å². The zero-order valence-electron chi connectivity index (χ0n) is 16.8. The lowest BCUT2D eigenvalue weighted by molar-refractivity contribution is 0.340. The molecule has 0 amide bonds. The molecule has 160 valence electrons. The van der Waals surface area contributed by atoms with Crippen LogP contribution in [0.3, 0.4) is 0 Å². The second kappa shape index (κ2) is 12.6. The Morgan fingerprint density at radius 2 is 1.93 bits per heavy atom. The molecule has 1 aromatic carbocycles. The van der Waals surface area contributed by atoms with Crippen molar-refractivity contribution in [3.05, 3.63) is 54.4 Å². The average molecular weight is 533 g/mol. The minimum absolute atomic E-state index is 0. The molecule has 0 unspecified atom stereocenters. The van der Waals surface area contributed by atoms with E-state index in [9.17, 15) is 8.42 Å². The molecule has 0 aliphatic rings. The lowest BCUT2D eigenvalue weighted by Gasteiger charge is -2.22. The standard InChI is InChI=1S/C19H27N5O3S.HI/c1-4-27-17-9-7-16(8-10-17)15-24(3)19(20-2)22-12-13-23-28(25,26)18-6-5-11-21-14-18;/h5-11,14,23H,4,12-13,15H2,1-3H3,(H,20,22);1H. The molecule has 1 aromatic heterocycles. The van der Waals surface area contributed by atoms with Gasteiger partial charge in [-0.2, -0.15) is 0 Å². The highest BCUT2D eigenvalue weighted by atomic mass is 127. The number of aliphatic imine (C=N–C) groups is 1. The lowest BCUT2D eigenvalue weighted by Crippen LogP contribution is -2.42. The maximum Gasteiger partial charge on any atom is 0.242 e. The Hall–Kier alpha value is -1.92. The van der Waals surface area contributed by atoms with E-state index in [1.807, 2.05) is 43.1 Å². The van der Waals surface area contributed by atoms with E-state index >= 15 is 0 Å². The molecular weight excluding hydrogens is 505 g/mol. The summed E-state index contributed by atoms with van der Waals surface area (Å²) in [4.78, 5) is 10.2. The molecule has 0 saturated heterocycles. The molecule has 0 saturated carbocycles. The quantitative estimate of drug-likeness (QED) is 0.222. The van der Waals surface area contributed by atoms with Gasteiger partial charge in [0.2, 0.25) is 10.0 Å². The summed E-state index contributed by atoms with van der Waals surface area (Å²) in [5, 5.41) is 3.15. The number of hydrogen-bond acceptors (Lipinski definition) is 5. The summed E-state index contributed by atoms with van der Waals surface area (Å²) in [5.74, 6) is 1.52.